The summed E-state index contributed by atoms with van der Waals surface area (Å²) in [6, 6.07) is 17.0. The van der Waals surface area contributed by atoms with E-state index in [2.05, 4.69) is 21.2 Å². The van der Waals surface area contributed by atoms with Crippen LogP contribution < -0.4 is 14.4 Å². The molecule has 0 radical (unpaired) electrons. The molecule has 0 atom stereocenters. The third kappa shape index (κ3) is 6.27. The predicted molar refractivity (Wildman–Crippen MR) is 133 cm³/mol. The number of thioether (sulfide) groups is 1. The Morgan fingerprint density at radius 1 is 1.09 bits per heavy atom. The molecule has 174 valence electrons. The van der Waals surface area contributed by atoms with Crippen molar-refractivity contribution < 1.29 is 22.3 Å². The van der Waals surface area contributed by atoms with Gasteiger partial charge < -0.3 is 10.1 Å². The van der Waals surface area contributed by atoms with Crippen LogP contribution in [0.3, 0.4) is 0 Å². The Kier molecular flexibility index (Phi) is 8.39. The number of rotatable bonds is 9. The van der Waals surface area contributed by atoms with Crippen LogP contribution in [0.15, 0.2) is 81.0 Å². The summed E-state index contributed by atoms with van der Waals surface area (Å²) < 4.78 is 48.0. The molecular formula is C23H22BrFN2O4S2. The molecule has 33 heavy (non-hydrogen) atoms. The van der Waals surface area contributed by atoms with E-state index in [1.807, 2.05) is 13.2 Å². The van der Waals surface area contributed by atoms with Gasteiger partial charge in [0.25, 0.3) is 10.0 Å². The number of carbonyl (C=O) groups is 1. The smallest absolute Gasteiger partial charge is 0.264 e. The average molecular weight is 553 g/mol. The van der Waals surface area contributed by atoms with Crippen molar-refractivity contribution >= 4 is 55.0 Å². The van der Waals surface area contributed by atoms with Gasteiger partial charge in [-0.15, -0.1) is 11.8 Å². The van der Waals surface area contributed by atoms with Crippen LogP contribution in [0.5, 0.6) is 5.75 Å². The van der Waals surface area contributed by atoms with Crippen molar-refractivity contribution in [3.05, 3.63) is 77.0 Å². The average Bonchev–Trinajstić information content (AvgIpc) is 2.80. The molecule has 0 bridgehead atoms. The van der Waals surface area contributed by atoms with Crippen LogP contribution in [0.2, 0.25) is 0 Å². The molecule has 0 fully saturated rings. The zero-order valence-corrected chi connectivity index (χ0v) is 21.1. The molecule has 6 nitrogen and oxygen atoms in total. The molecule has 0 aliphatic carbocycles. The first kappa shape index (κ1) is 25.1. The topological polar surface area (TPSA) is 75.7 Å². The first-order valence-corrected chi connectivity index (χ1v) is 13.3. The molecule has 3 aromatic carbocycles. The van der Waals surface area contributed by atoms with Crippen LogP contribution in [0.1, 0.15) is 6.92 Å². The van der Waals surface area contributed by atoms with Gasteiger partial charge in [0.05, 0.1) is 22.9 Å². The van der Waals surface area contributed by atoms with Crippen LogP contribution in [-0.4, -0.2) is 33.7 Å². The maximum absolute atomic E-state index is 14.2. The number of benzene rings is 3. The van der Waals surface area contributed by atoms with E-state index in [1.165, 1.54) is 36.0 Å². The molecule has 1 amide bonds. The van der Waals surface area contributed by atoms with Crippen molar-refractivity contribution in [2.24, 2.45) is 0 Å². The highest BCUT2D eigenvalue weighted by atomic mass is 79.9. The Bertz CT molecular complexity index is 1220. The van der Waals surface area contributed by atoms with Crippen LogP contribution in [-0.2, 0) is 14.8 Å². The normalized spacial score (nSPS) is 11.2. The van der Waals surface area contributed by atoms with E-state index in [4.69, 9.17) is 4.74 Å². The summed E-state index contributed by atoms with van der Waals surface area (Å²) in [6.07, 6.45) is 1.89. The molecule has 0 saturated heterocycles. The third-order valence-electron chi connectivity index (χ3n) is 4.58. The highest BCUT2D eigenvalue weighted by molar-refractivity contribution is 9.10. The molecule has 0 saturated carbocycles. The number of nitrogens with one attached hydrogen (secondary N) is 1. The number of sulfonamides is 1. The number of hydrogen-bond acceptors (Lipinski definition) is 5. The quantitative estimate of drug-likeness (QED) is 0.352. The first-order chi connectivity index (χ1) is 15.7. The fourth-order valence-electron chi connectivity index (χ4n) is 2.98. The fraction of sp³-hybridized carbons (Fsp3) is 0.174. The molecule has 0 aromatic heterocycles. The maximum atomic E-state index is 14.2. The zero-order chi connectivity index (χ0) is 24.0. The Morgan fingerprint density at radius 2 is 1.76 bits per heavy atom. The summed E-state index contributed by atoms with van der Waals surface area (Å²) in [4.78, 5) is 13.7. The second-order valence-electron chi connectivity index (χ2n) is 6.79. The molecule has 0 aliphatic heterocycles. The lowest BCUT2D eigenvalue weighted by atomic mass is 10.3. The number of halogens is 2. The van der Waals surface area contributed by atoms with E-state index >= 15 is 0 Å². The number of hydrogen-bond donors (Lipinski definition) is 1. The number of anilines is 2. The van der Waals surface area contributed by atoms with Crippen LogP contribution in [0.25, 0.3) is 0 Å². The van der Waals surface area contributed by atoms with Crippen LogP contribution in [0, 0.1) is 5.82 Å². The molecule has 0 spiro atoms. The molecule has 3 rings (SSSR count). The highest BCUT2D eigenvalue weighted by Crippen LogP contribution is 2.27. The van der Waals surface area contributed by atoms with Gasteiger partial charge in [-0.25, -0.2) is 12.8 Å². The number of carbonyl (C=O) groups excluding carboxylic acids is 1. The van der Waals surface area contributed by atoms with Crippen molar-refractivity contribution in [2.75, 3.05) is 29.0 Å². The lowest BCUT2D eigenvalue weighted by Gasteiger charge is -2.24. The summed E-state index contributed by atoms with van der Waals surface area (Å²) in [5.41, 5.74) is 0.232. The standard InChI is InChI=1S/C23H22BrFN2O4S2/c1-3-31-18-7-5-17(6-8-18)27(33(29,30)20-11-9-19(32-2)10-12-20)15-23(28)26-22-13-4-16(24)14-21(22)25/h4-14H,3,15H2,1-2H3,(H,26,28). The van der Waals surface area contributed by atoms with Crippen molar-refractivity contribution in [1.29, 1.82) is 0 Å². The summed E-state index contributed by atoms with van der Waals surface area (Å²) in [6.45, 7) is 1.76. The van der Waals surface area contributed by atoms with Crippen molar-refractivity contribution in [1.82, 2.24) is 0 Å². The molecule has 1 N–H and O–H groups in total. The molecular weight excluding hydrogens is 531 g/mol. The number of ether oxygens (including phenoxy) is 1. The summed E-state index contributed by atoms with van der Waals surface area (Å²) >= 11 is 4.65. The van der Waals surface area contributed by atoms with E-state index in [-0.39, 0.29) is 16.3 Å². The van der Waals surface area contributed by atoms with Crippen molar-refractivity contribution in [3.63, 3.8) is 0 Å². The zero-order valence-electron chi connectivity index (χ0n) is 17.9. The summed E-state index contributed by atoms with van der Waals surface area (Å²) in [7, 11) is -4.09. The second-order valence-corrected chi connectivity index (χ2v) is 10.4. The van der Waals surface area contributed by atoms with E-state index in [0.717, 1.165) is 9.20 Å². The predicted octanol–water partition coefficient (Wildman–Crippen LogP) is 5.54. The van der Waals surface area contributed by atoms with Crippen molar-refractivity contribution in [2.45, 2.75) is 16.7 Å². The molecule has 10 heteroatoms. The van der Waals surface area contributed by atoms with Gasteiger partial charge in [0.1, 0.15) is 18.1 Å². The molecule has 0 unspecified atom stereocenters. The minimum atomic E-state index is -4.09. The van der Waals surface area contributed by atoms with Gasteiger partial charge in [-0.1, -0.05) is 15.9 Å². The minimum absolute atomic E-state index is 0.0387. The fourth-order valence-corrected chi connectivity index (χ4v) is 5.14. The monoisotopic (exact) mass is 552 g/mol. The van der Waals surface area contributed by atoms with Gasteiger partial charge in [-0.3, -0.25) is 9.10 Å². The number of nitrogens with zero attached hydrogens (tertiary/aromatic N) is 1. The van der Waals surface area contributed by atoms with Crippen molar-refractivity contribution in [3.8, 4) is 5.75 Å². The van der Waals surface area contributed by atoms with Crippen LogP contribution >= 0.6 is 27.7 Å². The third-order valence-corrected chi connectivity index (χ3v) is 7.60. The molecule has 0 aliphatic rings. The summed E-state index contributed by atoms with van der Waals surface area (Å²) in [5.74, 6) is -0.750. The maximum Gasteiger partial charge on any atom is 0.264 e. The van der Waals surface area contributed by atoms with Gasteiger partial charge in [0.2, 0.25) is 5.91 Å². The number of amides is 1. The van der Waals surface area contributed by atoms with E-state index in [1.54, 1.807) is 42.5 Å². The Balaban J connectivity index is 1.94. The molecule has 3 aromatic rings. The second kappa shape index (κ2) is 11.0. The SMILES string of the molecule is CCOc1ccc(N(CC(=O)Nc2ccc(Br)cc2F)S(=O)(=O)c2ccc(SC)cc2)cc1. The Hall–Kier alpha value is -2.56. The van der Waals surface area contributed by atoms with E-state index in [9.17, 15) is 17.6 Å². The minimum Gasteiger partial charge on any atom is -0.494 e. The Morgan fingerprint density at radius 3 is 2.33 bits per heavy atom. The summed E-state index contributed by atoms with van der Waals surface area (Å²) in [5, 5.41) is 2.44. The van der Waals surface area contributed by atoms with Gasteiger partial charge in [-0.2, -0.15) is 0 Å². The van der Waals surface area contributed by atoms with Gasteiger partial charge in [-0.05, 0) is 79.9 Å². The lowest BCUT2D eigenvalue weighted by Crippen LogP contribution is -2.38. The largest absolute Gasteiger partial charge is 0.494 e. The highest BCUT2D eigenvalue weighted by Gasteiger charge is 2.27. The first-order valence-electron chi connectivity index (χ1n) is 9.89. The van der Waals surface area contributed by atoms with Gasteiger partial charge in [0.15, 0.2) is 0 Å². The lowest BCUT2D eigenvalue weighted by molar-refractivity contribution is -0.114. The van der Waals surface area contributed by atoms with Crippen LogP contribution in [0.4, 0.5) is 15.8 Å². The van der Waals surface area contributed by atoms with E-state index < -0.39 is 28.3 Å². The van der Waals surface area contributed by atoms with E-state index in [0.29, 0.717) is 16.8 Å². The van der Waals surface area contributed by atoms with Gasteiger partial charge >= 0.3 is 0 Å². The Labute approximate surface area is 205 Å². The molecule has 0 heterocycles. The van der Waals surface area contributed by atoms with Gasteiger partial charge in [0, 0.05) is 9.37 Å².